The maximum atomic E-state index is 13.5. The van der Waals surface area contributed by atoms with E-state index in [9.17, 15) is 13.2 Å². The number of ether oxygens (including phenoxy) is 6. The van der Waals surface area contributed by atoms with E-state index >= 15 is 0 Å². The van der Waals surface area contributed by atoms with Gasteiger partial charge in [0.15, 0.2) is 0 Å². The highest BCUT2D eigenvalue weighted by Crippen LogP contribution is 2.40. The molecule has 0 saturated heterocycles. The second-order valence-electron chi connectivity index (χ2n) is 18.7. The summed E-state index contributed by atoms with van der Waals surface area (Å²) >= 11 is 0. The van der Waals surface area contributed by atoms with Crippen molar-refractivity contribution in [3.8, 4) is 5.75 Å². The van der Waals surface area contributed by atoms with Crippen LogP contribution < -0.4 is 31.3 Å². The summed E-state index contributed by atoms with van der Waals surface area (Å²) in [4.78, 5) is 0. The Morgan fingerprint density at radius 3 is 1.37 bits per heavy atom. The average molecular weight is 1010 g/mol. The van der Waals surface area contributed by atoms with Crippen LogP contribution in [0.2, 0.25) is 0 Å². The first-order valence-electron chi connectivity index (χ1n) is 25.7. The lowest BCUT2D eigenvalue weighted by molar-refractivity contribution is 0.0409. The number of nitrogens with one attached hydrogen (secondary N) is 5. The van der Waals surface area contributed by atoms with E-state index in [1.807, 2.05) is 53.4 Å². The lowest BCUT2D eigenvalue weighted by Gasteiger charge is -2.27. The van der Waals surface area contributed by atoms with Gasteiger partial charge in [-0.15, -0.1) is 0 Å². The molecule has 0 spiro atoms. The van der Waals surface area contributed by atoms with Gasteiger partial charge in [-0.25, -0.2) is 13.2 Å². The summed E-state index contributed by atoms with van der Waals surface area (Å²) in [6, 6.07) is 26.8. The fourth-order valence-electron chi connectivity index (χ4n) is 10.3. The zero-order chi connectivity index (χ0) is 50.8. The number of benzene rings is 5. The van der Waals surface area contributed by atoms with Crippen molar-refractivity contribution in [3.05, 3.63) is 169 Å². The summed E-state index contributed by atoms with van der Waals surface area (Å²) in [6.45, 7) is 10.4. The predicted molar refractivity (Wildman–Crippen MR) is 284 cm³/mol. The van der Waals surface area contributed by atoms with Crippen LogP contribution in [0.4, 0.5) is 13.2 Å². The van der Waals surface area contributed by atoms with Crippen LogP contribution in [-0.2, 0) is 62.2 Å². The molecule has 0 aromatic heterocycles. The molecule has 14 heteroatoms. The van der Waals surface area contributed by atoms with Gasteiger partial charge in [-0.1, -0.05) is 79.7 Å². The van der Waals surface area contributed by atoms with E-state index in [1.165, 1.54) is 51.6 Å². The summed E-state index contributed by atoms with van der Waals surface area (Å²) < 4.78 is 74.4. The molecule has 0 saturated carbocycles. The van der Waals surface area contributed by atoms with E-state index in [4.69, 9.17) is 28.4 Å². The lowest BCUT2D eigenvalue weighted by atomic mass is 9.93. The highest BCUT2D eigenvalue weighted by Gasteiger charge is 2.29. The normalized spacial score (nSPS) is 20.7. The molecule has 0 fully saturated rings. The third-order valence-electron chi connectivity index (χ3n) is 13.8. The third-order valence-corrected chi connectivity index (χ3v) is 13.8. The highest BCUT2D eigenvalue weighted by molar-refractivity contribution is 5.51. The van der Waals surface area contributed by atoms with E-state index in [0.717, 1.165) is 111 Å². The number of aryl methyl sites for hydroxylation is 1. The molecule has 0 radical (unpaired) electrons. The Morgan fingerprint density at radius 1 is 0.411 bits per heavy atom. The standard InChI is InChI=1S/C13H17NO2.C12H17NO.3C11H14FNO.CH4/c1-14-8-11-12-9(4-6-15-11)2-3-10-5-7-16-13(10)12;1-9-3-4-11-10(7-9)5-6-14-12(11)8-13-2;1-13-7-11-9-3-2-4-10(12)8(9)5-6-14-11;2*1-13-7-10-11-8(5-6-14-10)3-2-4-9(11)12;/h2-3,11,14H,4-8H2,1H3;3-4,7,12-13H,5-6,8H2,1-2H3;2-4,11,13H,5-7H2,1H3;2*2-4,10,13H,5-7H2,1H3;1H4/t11-;12-;11-;2*10-;/m00010./s1. The van der Waals surface area contributed by atoms with Crippen LogP contribution in [-0.4, -0.2) is 108 Å². The van der Waals surface area contributed by atoms with Gasteiger partial charge < -0.3 is 55.0 Å². The van der Waals surface area contributed by atoms with Gasteiger partial charge >= 0.3 is 0 Å². The first-order valence-corrected chi connectivity index (χ1v) is 25.7. The van der Waals surface area contributed by atoms with Crippen molar-refractivity contribution in [3.63, 3.8) is 0 Å². The zero-order valence-corrected chi connectivity index (χ0v) is 43.1. The number of halogens is 3. The summed E-state index contributed by atoms with van der Waals surface area (Å²) in [5.41, 5.74) is 13.6. The second kappa shape index (κ2) is 29.4. The van der Waals surface area contributed by atoms with Crippen LogP contribution in [0.1, 0.15) is 105 Å². The molecule has 6 heterocycles. The molecule has 5 aromatic carbocycles. The van der Waals surface area contributed by atoms with Crippen molar-refractivity contribution in [2.45, 2.75) is 83.4 Å². The first kappa shape index (κ1) is 57.6. The fourth-order valence-corrected chi connectivity index (χ4v) is 10.3. The molecule has 5 atom stereocenters. The molecule has 11 nitrogen and oxygen atoms in total. The largest absolute Gasteiger partial charge is 0.493 e. The molecule has 6 aliphatic heterocycles. The number of rotatable bonds is 10. The molecule has 6 aliphatic rings. The fraction of sp³-hybridized carbons (Fsp3) is 0.492. The van der Waals surface area contributed by atoms with Gasteiger partial charge in [0.25, 0.3) is 0 Å². The Balaban J connectivity index is 0.000000149. The minimum Gasteiger partial charge on any atom is -0.493 e. The third kappa shape index (κ3) is 15.0. The Bertz CT molecular complexity index is 2430. The molecule has 0 bridgehead atoms. The Morgan fingerprint density at radius 2 is 0.822 bits per heavy atom. The van der Waals surface area contributed by atoms with E-state index in [2.05, 4.69) is 63.8 Å². The van der Waals surface area contributed by atoms with Crippen molar-refractivity contribution >= 4 is 0 Å². The van der Waals surface area contributed by atoms with Gasteiger partial charge in [0.2, 0.25) is 0 Å². The monoisotopic (exact) mass is 1010 g/mol. The number of hydrogen-bond donors (Lipinski definition) is 5. The smallest absolute Gasteiger partial charge is 0.129 e. The van der Waals surface area contributed by atoms with Crippen LogP contribution in [0.3, 0.4) is 0 Å². The minimum atomic E-state index is -0.151. The highest BCUT2D eigenvalue weighted by atomic mass is 19.1. The Kier molecular flexibility index (Phi) is 23.2. The maximum Gasteiger partial charge on any atom is 0.129 e. The SMILES string of the molecule is C.CNC[C@@H]1OCCc2c(F)cccc21.CNC[C@@H]1OCCc2cc(C)ccc21.CNC[C@@H]1OCCc2ccc3c(c21)OCC3.CNC[C@@H]1OCCc2cccc(F)c21.CNC[C@H]1OCCc2cccc(F)c21. The van der Waals surface area contributed by atoms with Crippen molar-refractivity contribution in [1.82, 2.24) is 26.6 Å². The molecule has 0 unspecified atom stereocenters. The molecule has 0 amide bonds. The van der Waals surface area contributed by atoms with Crippen LogP contribution in [0, 0.1) is 24.4 Å². The van der Waals surface area contributed by atoms with Crippen molar-refractivity contribution < 1.29 is 41.6 Å². The van der Waals surface area contributed by atoms with Crippen LogP contribution in [0.5, 0.6) is 5.75 Å². The van der Waals surface area contributed by atoms with Gasteiger partial charge in [-0.2, -0.15) is 0 Å². The van der Waals surface area contributed by atoms with Crippen molar-refractivity contribution in [2.24, 2.45) is 0 Å². The van der Waals surface area contributed by atoms with Gasteiger partial charge in [-0.3, -0.25) is 0 Å². The molecule has 398 valence electrons. The average Bonchev–Trinajstić information content (AvgIpc) is 3.88. The molecule has 11 rings (SSSR count). The predicted octanol–water partition coefficient (Wildman–Crippen LogP) is 8.90. The molecular weight excluding hydrogens is 932 g/mol. The van der Waals surface area contributed by atoms with Gasteiger partial charge in [0, 0.05) is 55.8 Å². The van der Waals surface area contributed by atoms with Crippen LogP contribution >= 0.6 is 0 Å². The van der Waals surface area contributed by atoms with E-state index in [1.54, 1.807) is 18.2 Å². The maximum absolute atomic E-state index is 13.5. The Hall–Kier alpha value is -4.71. The number of likely N-dealkylation sites (N-methyl/N-ethyl adjacent to an activating group) is 5. The lowest BCUT2D eigenvalue weighted by Crippen LogP contribution is -2.26. The summed E-state index contributed by atoms with van der Waals surface area (Å²) in [7, 11) is 9.49. The zero-order valence-electron chi connectivity index (χ0n) is 43.1. The van der Waals surface area contributed by atoms with E-state index in [-0.39, 0.29) is 55.4 Å². The molecule has 73 heavy (non-hydrogen) atoms. The summed E-state index contributed by atoms with van der Waals surface area (Å²) in [6.07, 6.45) is 5.53. The summed E-state index contributed by atoms with van der Waals surface area (Å²) in [5, 5.41) is 15.4. The number of hydrogen-bond acceptors (Lipinski definition) is 11. The molecule has 0 aliphatic carbocycles. The molecule has 5 aromatic rings. The van der Waals surface area contributed by atoms with Crippen LogP contribution in [0.25, 0.3) is 0 Å². The topological polar surface area (TPSA) is 116 Å². The molecule has 5 N–H and O–H groups in total. The molecular formula is C59H80F3N5O6. The quantitative estimate of drug-likeness (QED) is 0.0925. The first-order chi connectivity index (χ1) is 35.2. The summed E-state index contributed by atoms with van der Waals surface area (Å²) in [5.74, 6) is 0.689. The minimum absolute atomic E-state index is 0. The van der Waals surface area contributed by atoms with Crippen LogP contribution in [0.15, 0.2) is 84.9 Å². The second-order valence-corrected chi connectivity index (χ2v) is 18.7. The van der Waals surface area contributed by atoms with Gasteiger partial charge in [-0.05, 0) is 137 Å². The van der Waals surface area contributed by atoms with Crippen molar-refractivity contribution in [1.29, 1.82) is 0 Å². The van der Waals surface area contributed by atoms with E-state index in [0.29, 0.717) is 39.3 Å². The van der Waals surface area contributed by atoms with E-state index < -0.39 is 0 Å². The van der Waals surface area contributed by atoms with Crippen molar-refractivity contribution in [2.75, 3.05) is 108 Å². The number of fused-ring (bicyclic) bond motifs is 7. The van der Waals surface area contributed by atoms with Gasteiger partial charge in [0.1, 0.15) is 23.2 Å². The Labute approximate surface area is 432 Å². The van der Waals surface area contributed by atoms with Gasteiger partial charge in [0.05, 0.1) is 70.2 Å².